The van der Waals surface area contributed by atoms with Gasteiger partial charge in [0.1, 0.15) is 0 Å². The minimum atomic E-state index is 0.697. The van der Waals surface area contributed by atoms with E-state index in [2.05, 4.69) is 60.2 Å². The molecule has 0 saturated heterocycles. The fourth-order valence-electron chi connectivity index (χ4n) is 3.15. The van der Waals surface area contributed by atoms with Gasteiger partial charge in [0.2, 0.25) is 0 Å². The van der Waals surface area contributed by atoms with E-state index in [-0.39, 0.29) is 0 Å². The number of hydrogen-bond donors (Lipinski definition) is 1. The highest BCUT2D eigenvalue weighted by Crippen LogP contribution is 2.34. The van der Waals surface area contributed by atoms with Gasteiger partial charge in [-0.05, 0) is 48.8 Å². The van der Waals surface area contributed by atoms with Crippen molar-refractivity contribution in [1.29, 1.82) is 0 Å². The lowest BCUT2D eigenvalue weighted by atomic mass is 9.93. The Morgan fingerprint density at radius 2 is 2.11 bits per heavy atom. The Bertz CT molecular complexity index is 402. The van der Waals surface area contributed by atoms with Crippen molar-refractivity contribution in [3.63, 3.8) is 0 Å². The Kier molecular flexibility index (Phi) is 4.85. The van der Waals surface area contributed by atoms with Gasteiger partial charge in [-0.25, -0.2) is 0 Å². The number of halogens is 1. The Morgan fingerprint density at radius 1 is 1.33 bits per heavy atom. The molecule has 100 valence electrons. The van der Waals surface area contributed by atoms with Gasteiger partial charge >= 0.3 is 0 Å². The fourth-order valence-corrected chi connectivity index (χ4v) is 3.78. The summed E-state index contributed by atoms with van der Waals surface area (Å²) in [5.74, 6) is 1.74. The van der Waals surface area contributed by atoms with Crippen LogP contribution >= 0.6 is 15.9 Å². The zero-order valence-corrected chi connectivity index (χ0v) is 13.3. The molecule has 0 spiro atoms. The molecule has 1 aromatic rings. The van der Waals surface area contributed by atoms with Crippen LogP contribution in [0.4, 0.5) is 0 Å². The zero-order valence-electron chi connectivity index (χ0n) is 11.7. The van der Waals surface area contributed by atoms with Crippen LogP contribution in [0.5, 0.6) is 0 Å². The quantitative estimate of drug-likeness (QED) is 0.852. The Labute approximate surface area is 119 Å². The summed E-state index contributed by atoms with van der Waals surface area (Å²) in [5, 5.41) is 3.74. The first-order valence-corrected chi connectivity index (χ1v) is 7.89. The topological polar surface area (TPSA) is 12.0 Å². The van der Waals surface area contributed by atoms with Gasteiger partial charge in [0.05, 0.1) is 0 Å². The Balaban J connectivity index is 1.92. The van der Waals surface area contributed by atoms with E-state index in [1.807, 2.05) is 0 Å². The van der Waals surface area contributed by atoms with Crippen molar-refractivity contribution in [3.05, 3.63) is 33.8 Å². The summed E-state index contributed by atoms with van der Waals surface area (Å²) in [6.45, 7) is 7.84. The molecule has 0 aliphatic heterocycles. The second-order valence-corrected chi connectivity index (χ2v) is 6.54. The molecule has 0 bridgehead atoms. The Hall–Kier alpha value is -0.340. The predicted molar refractivity (Wildman–Crippen MR) is 81.7 cm³/mol. The van der Waals surface area contributed by atoms with Gasteiger partial charge in [-0.1, -0.05) is 48.3 Å². The maximum atomic E-state index is 3.74. The number of benzene rings is 1. The van der Waals surface area contributed by atoms with E-state index in [0.29, 0.717) is 6.04 Å². The average Bonchev–Trinajstić information content (AvgIpc) is 2.69. The van der Waals surface area contributed by atoms with E-state index in [1.54, 1.807) is 0 Å². The van der Waals surface area contributed by atoms with Crippen LogP contribution in [0.25, 0.3) is 0 Å². The standard InChI is InChI=1S/C16H24BrN/c1-4-13-7-8-16(12(13)3)18-10-14-6-5-11(2)9-15(14)17/h5-6,9,12-13,16,18H,4,7-8,10H2,1-3H3. The third-order valence-corrected chi connectivity index (χ3v) is 5.25. The first kappa shape index (κ1) is 14.1. The van der Waals surface area contributed by atoms with E-state index < -0.39 is 0 Å². The predicted octanol–water partition coefficient (Wildman–Crippen LogP) is 4.67. The van der Waals surface area contributed by atoms with Gasteiger partial charge in [0, 0.05) is 17.1 Å². The smallest absolute Gasteiger partial charge is 0.0222 e. The molecule has 1 aliphatic carbocycles. The third-order valence-electron chi connectivity index (χ3n) is 4.51. The lowest BCUT2D eigenvalue weighted by Gasteiger charge is -2.21. The van der Waals surface area contributed by atoms with Crippen LogP contribution < -0.4 is 5.32 Å². The molecule has 1 N–H and O–H groups in total. The molecule has 3 atom stereocenters. The van der Waals surface area contributed by atoms with Gasteiger partial charge in [0.25, 0.3) is 0 Å². The summed E-state index contributed by atoms with van der Waals surface area (Å²) in [7, 11) is 0. The molecule has 0 radical (unpaired) electrons. The van der Waals surface area contributed by atoms with E-state index >= 15 is 0 Å². The average molecular weight is 310 g/mol. The molecule has 2 rings (SSSR count). The maximum absolute atomic E-state index is 3.74. The third kappa shape index (κ3) is 3.16. The van der Waals surface area contributed by atoms with Crippen LogP contribution in [0.1, 0.15) is 44.2 Å². The molecule has 1 aromatic carbocycles. The van der Waals surface area contributed by atoms with Gasteiger partial charge in [-0.15, -0.1) is 0 Å². The van der Waals surface area contributed by atoms with Crippen LogP contribution in [0.15, 0.2) is 22.7 Å². The van der Waals surface area contributed by atoms with E-state index in [4.69, 9.17) is 0 Å². The summed E-state index contributed by atoms with van der Waals surface area (Å²) in [4.78, 5) is 0. The normalized spacial score (nSPS) is 27.7. The summed E-state index contributed by atoms with van der Waals surface area (Å²) < 4.78 is 1.23. The molecule has 0 heterocycles. The van der Waals surface area contributed by atoms with Gasteiger partial charge in [0.15, 0.2) is 0 Å². The highest BCUT2D eigenvalue weighted by atomic mass is 79.9. The number of aryl methyl sites for hydroxylation is 1. The SMILES string of the molecule is CCC1CCC(NCc2ccc(C)cc2Br)C1C. The van der Waals surface area contributed by atoms with Crippen LogP contribution in [0.2, 0.25) is 0 Å². The molecule has 1 nitrogen and oxygen atoms in total. The molecule has 1 fully saturated rings. The maximum Gasteiger partial charge on any atom is 0.0222 e. The fraction of sp³-hybridized carbons (Fsp3) is 0.625. The van der Waals surface area contributed by atoms with Gasteiger partial charge < -0.3 is 5.32 Å². The molecular formula is C16H24BrN. The largest absolute Gasteiger partial charge is 0.310 e. The molecule has 1 aliphatic rings. The van der Waals surface area contributed by atoms with Crippen LogP contribution in [-0.4, -0.2) is 6.04 Å². The molecule has 1 saturated carbocycles. The molecule has 3 unspecified atom stereocenters. The number of rotatable bonds is 4. The lowest BCUT2D eigenvalue weighted by Crippen LogP contribution is -2.32. The van der Waals surface area contributed by atoms with Crippen molar-refractivity contribution >= 4 is 15.9 Å². The first-order chi connectivity index (χ1) is 8.61. The summed E-state index contributed by atoms with van der Waals surface area (Å²) in [6, 6.07) is 7.31. The van der Waals surface area contributed by atoms with Crippen molar-refractivity contribution < 1.29 is 0 Å². The van der Waals surface area contributed by atoms with Crippen LogP contribution in [0, 0.1) is 18.8 Å². The highest BCUT2D eigenvalue weighted by molar-refractivity contribution is 9.10. The lowest BCUT2D eigenvalue weighted by molar-refractivity contribution is 0.344. The monoisotopic (exact) mass is 309 g/mol. The second kappa shape index (κ2) is 6.21. The molecule has 2 heteroatoms. The summed E-state index contributed by atoms with van der Waals surface area (Å²) >= 11 is 3.66. The Morgan fingerprint density at radius 3 is 2.72 bits per heavy atom. The molecule has 0 aromatic heterocycles. The van der Waals surface area contributed by atoms with Crippen LogP contribution in [-0.2, 0) is 6.54 Å². The van der Waals surface area contributed by atoms with Crippen molar-refractivity contribution in [3.8, 4) is 0 Å². The van der Waals surface area contributed by atoms with Crippen molar-refractivity contribution in [2.45, 2.75) is 52.6 Å². The number of hydrogen-bond acceptors (Lipinski definition) is 1. The van der Waals surface area contributed by atoms with Gasteiger partial charge in [-0.3, -0.25) is 0 Å². The molecule has 18 heavy (non-hydrogen) atoms. The molecule has 0 amide bonds. The van der Waals surface area contributed by atoms with E-state index in [1.165, 1.54) is 34.9 Å². The summed E-state index contributed by atoms with van der Waals surface area (Å²) in [6.07, 6.45) is 4.06. The minimum Gasteiger partial charge on any atom is -0.310 e. The summed E-state index contributed by atoms with van der Waals surface area (Å²) in [5.41, 5.74) is 2.68. The minimum absolute atomic E-state index is 0.697. The van der Waals surface area contributed by atoms with Crippen molar-refractivity contribution in [1.82, 2.24) is 5.32 Å². The van der Waals surface area contributed by atoms with Crippen molar-refractivity contribution in [2.75, 3.05) is 0 Å². The van der Waals surface area contributed by atoms with E-state index in [0.717, 1.165) is 18.4 Å². The first-order valence-electron chi connectivity index (χ1n) is 7.10. The number of nitrogens with one attached hydrogen (secondary N) is 1. The van der Waals surface area contributed by atoms with Crippen molar-refractivity contribution in [2.24, 2.45) is 11.8 Å². The second-order valence-electron chi connectivity index (χ2n) is 5.69. The van der Waals surface area contributed by atoms with Gasteiger partial charge in [-0.2, -0.15) is 0 Å². The highest BCUT2D eigenvalue weighted by Gasteiger charge is 2.30. The molecular weight excluding hydrogens is 286 g/mol. The zero-order chi connectivity index (χ0) is 13.1. The van der Waals surface area contributed by atoms with Crippen LogP contribution in [0.3, 0.4) is 0 Å². The van der Waals surface area contributed by atoms with E-state index in [9.17, 15) is 0 Å².